The van der Waals surface area contributed by atoms with Gasteiger partial charge in [-0.2, -0.15) is 0 Å². The van der Waals surface area contributed by atoms with Crippen LogP contribution in [-0.2, 0) is 14.2 Å². The Morgan fingerprint density at radius 2 is 1.91 bits per heavy atom. The van der Waals surface area contributed by atoms with Crippen molar-refractivity contribution in [2.75, 3.05) is 20.8 Å². The highest BCUT2D eigenvalue weighted by Gasteiger charge is 2.19. The standard InChI is InChI=1S/C8H16O3/c1-9-8(10-2)6-11-7-4-3-5-7/h7-8H,3-6H2,1-2H3. The molecule has 0 aliphatic heterocycles. The van der Waals surface area contributed by atoms with Crippen LogP contribution in [0.4, 0.5) is 0 Å². The van der Waals surface area contributed by atoms with Crippen LogP contribution in [0.3, 0.4) is 0 Å². The third-order valence-electron chi connectivity index (χ3n) is 2.05. The number of hydrogen-bond acceptors (Lipinski definition) is 3. The van der Waals surface area contributed by atoms with E-state index in [4.69, 9.17) is 14.2 Å². The highest BCUT2D eigenvalue weighted by molar-refractivity contribution is 4.69. The molecule has 0 N–H and O–H groups in total. The third kappa shape index (κ3) is 2.77. The zero-order chi connectivity index (χ0) is 8.10. The summed E-state index contributed by atoms with van der Waals surface area (Å²) in [5.74, 6) is 0. The van der Waals surface area contributed by atoms with Crippen molar-refractivity contribution in [3.05, 3.63) is 0 Å². The van der Waals surface area contributed by atoms with Gasteiger partial charge in [-0.3, -0.25) is 0 Å². The van der Waals surface area contributed by atoms with Gasteiger partial charge in [0.25, 0.3) is 0 Å². The summed E-state index contributed by atoms with van der Waals surface area (Å²) < 4.78 is 15.4. The largest absolute Gasteiger partial charge is 0.373 e. The maximum Gasteiger partial charge on any atom is 0.180 e. The highest BCUT2D eigenvalue weighted by Crippen LogP contribution is 2.21. The molecule has 0 unspecified atom stereocenters. The molecule has 0 spiro atoms. The molecule has 1 saturated carbocycles. The Bertz CT molecular complexity index is 97.5. The van der Waals surface area contributed by atoms with Crippen LogP contribution < -0.4 is 0 Å². The number of methoxy groups -OCH3 is 2. The van der Waals surface area contributed by atoms with Gasteiger partial charge in [-0.15, -0.1) is 0 Å². The number of rotatable bonds is 5. The molecule has 0 aromatic carbocycles. The second-order valence-electron chi connectivity index (χ2n) is 2.79. The molecule has 0 amide bonds. The van der Waals surface area contributed by atoms with Gasteiger partial charge in [-0.25, -0.2) is 0 Å². The molecule has 0 bridgehead atoms. The van der Waals surface area contributed by atoms with E-state index in [0.717, 1.165) is 0 Å². The molecule has 0 aromatic heterocycles. The fraction of sp³-hybridized carbons (Fsp3) is 1.00. The number of ether oxygens (including phenoxy) is 3. The van der Waals surface area contributed by atoms with E-state index in [-0.39, 0.29) is 6.29 Å². The van der Waals surface area contributed by atoms with E-state index in [2.05, 4.69) is 0 Å². The van der Waals surface area contributed by atoms with Gasteiger partial charge in [0, 0.05) is 14.2 Å². The van der Waals surface area contributed by atoms with E-state index in [1.54, 1.807) is 14.2 Å². The summed E-state index contributed by atoms with van der Waals surface area (Å²) in [6.45, 7) is 0.553. The summed E-state index contributed by atoms with van der Waals surface area (Å²) in [6, 6.07) is 0. The normalized spacial score (nSPS) is 18.8. The van der Waals surface area contributed by atoms with Crippen molar-refractivity contribution in [3.8, 4) is 0 Å². The lowest BCUT2D eigenvalue weighted by atomic mass is 9.96. The van der Waals surface area contributed by atoms with Crippen molar-refractivity contribution in [3.63, 3.8) is 0 Å². The van der Waals surface area contributed by atoms with Gasteiger partial charge in [-0.1, -0.05) is 0 Å². The van der Waals surface area contributed by atoms with E-state index in [9.17, 15) is 0 Å². The fourth-order valence-electron chi connectivity index (χ4n) is 0.984. The SMILES string of the molecule is COC(COC1CCC1)OC. The van der Waals surface area contributed by atoms with Gasteiger partial charge < -0.3 is 14.2 Å². The molecule has 0 atom stereocenters. The second kappa shape index (κ2) is 4.70. The summed E-state index contributed by atoms with van der Waals surface area (Å²) in [6.07, 6.45) is 3.95. The Labute approximate surface area is 67.6 Å². The van der Waals surface area contributed by atoms with E-state index in [1.165, 1.54) is 19.3 Å². The quantitative estimate of drug-likeness (QED) is 0.565. The predicted molar refractivity (Wildman–Crippen MR) is 41.4 cm³/mol. The Balaban J connectivity index is 1.99. The van der Waals surface area contributed by atoms with Crippen LogP contribution in [0, 0.1) is 0 Å². The molecule has 1 aliphatic rings. The molecule has 3 nitrogen and oxygen atoms in total. The minimum absolute atomic E-state index is 0.199. The lowest BCUT2D eigenvalue weighted by Crippen LogP contribution is -2.28. The van der Waals surface area contributed by atoms with Crippen molar-refractivity contribution in [1.29, 1.82) is 0 Å². The van der Waals surface area contributed by atoms with Crippen LogP contribution >= 0.6 is 0 Å². The molecule has 0 saturated heterocycles. The second-order valence-corrected chi connectivity index (χ2v) is 2.79. The first-order valence-electron chi connectivity index (χ1n) is 4.04. The Kier molecular flexibility index (Phi) is 3.83. The highest BCUT2D eigenvalue weighted by atomic mass is 16.7. The van der Waals surface area contributed by atoms with Crippen LogP contribution in [0.15, 0.2) is 0 Å². The first-order valence-corrected chi connectivity index (χ1v) is 4.04. The third-order valence-corrected chi connectivity index (χ3v) is 2.05. The Morgan fingerprint density at radius 1 is 1.27 bits per heavy atom. The smallest absolute Gasteiger partial charge is 0.180 e. The molecule has 0 radical (unpaired) electrons. The molecule has 1 fully saturated rings. The van der Waals surface area contributed by atoms with Crippen LogP contribution in [0.25, 0.3) is 0 Å². The van der Waals surface area contributed by atoms with Crippen molar-refractivity contribution in [2.24, 2.45) is 0 Å². The first-order chi connectivity index (χ1) is 5.36. The van der Waals surface area contributed by atoms with Crippen LogP contribution in [-0.4, -0.2) is 33.2 Å². The van der Waals surface area contributed by atoms with Crippen molar-refractivity contribution >= 4 is 0 Å². The molecule has 66 valence electrons. The summed E-state index contributed by atoms with van der Waals surface area (Å²) in [5.41, 5.74) is 0. The summed E-state index contributed by atoms with van der Waals surface area (Å²) in [7, 11) is 3.25. The maximum absolute atomic E-state index is 5.47. The molecule has 3 heteroatoms. The molecule has 1 aliphatic carbocycles. The minimum atomic E-state index is -0.199. The van der Waals surface area contributed by atoms with Crippen molar-refractivity contribution in [1.82, 2.24) is 0 Å². The van der Waals surface area contributed by atoms with Gasteiger partial charge in [0.1, 0.15) is 0 Å². The molecular weight excluding hydrogens is 144 g/mol. The van der Waals surface area contributed by atoms with Crippen molar-refractivity contribution in [2.45, 2.75) is 31.7 Å². The Hall–Kier alpha value is -0.120. The van der Waals surface area contributed by atoms with Crippen LogP contribution in [0.5, 0.6) is 0 Å². The monoisotopic (exact) mass is 160 g/mol. The average molecular weight is 160 g/mol. The van der Waals surface area contributed by atoms with E-state index in [0.29, 0.717) is 12.7 Å². The molecule has 0 aromatic rings. The molecular formula is C8H16O3. The Morgan fingerprint density at radius 3 is 2.27 bits per heavy atom. The first kappa shape index (κ1) is 8.97. The van der Waals surface area contributed by atoms with Gasteiger partial charge in [0.05, 0.1) is 12.7 Å². The van der Waals surface area contributed by atoms with Gasteiger partial charge >= 0.3 is 0 Å². The van der Waals surface area contributed by atoms with Gasteiger partial charge in [0.15, 0.2) is 6.29 Å². The average Bonchev–Trinajstić information content (AvgIpc) is 1.95. The topological polar surface area (TPSA) is 27.7 Å². The lowest BCUT2D eigenvalue weighted by molar-refractivity contribution is -0.159. The zero-order valence-corrected chi connectivity index (χ0v) is 7.21. The van der Waals surface area contributed by atoms with Gasteiger partial charge in [0.2, 0.25) is 0 Å². The predicted octanol–water partition coefficient (Wildman–Crippen LogP) is 1.17. The molecule has 1 rings (SSSR count). The number of hydrogen-bond donors (Lipinski definition) is 0. The molecule has 0 heterocycles. The van der Waals surface area contributed by atoms with E-state index in [1.807, 2.05) is 0 Å². The summed E-state index contributed by atoms with van der Waals surface area (Å²) in [5, 5.41) is 0. The van der Waals surface area contributed by atoms with Crippen LogP contribution in [0.2, 0.25) is 0 Å². The maximum atomic E-state index is 5.47. The summed E-state index contributed by atoms with van der Waals surface area (Å²) in [4.78, 5) is 0. The van der Waals surface area contributed by atoms with Crippen molar-refractivity contribution < 1.29 is 14.2 Å². The fourth-order valence-corrected chi connectivity index (χ4v) is 0.984. The summed E-state index contributed by atoms with van der Waals surface area (Å²) >= 11 is 0. The van der Waals surface area contributed by atoms with E-state index >= 15 is 0 Å². The van der Waals surface area contributed by atoms with Crippen LogP contribution in [0.1, 0.15) is 19.3 Å². The zero-order valence-electron chi connectivity index (χ0n) is 7.21. The van der Waals surface area contributed by atoms with Gasteiger partial charge in [-0.05, 0) is 19.3 Å². The molecule has 11 heavy (non-hydrogen) atoms. The van der Waals surface area contributed by atoms with E-state index < -0.39 is 0 Å². The minimum Gasteiger partial charge on any atom is -0.373 e. The lowest BCUT2D eigenvalue weighted by Gasteiger charge is -2.27.